The first kappa shape index (κ1) is 14.2. The van der Waals surface area contributed by atoms with Crippen molar-refractivity contribution in [3.63, 3.8) is 0 Å². The van der Waals surface area contributed by atoms with Crippen molar-refractivity contribution in [2.75, 3.05) is 0 Å². The molecule has 0 radical (unpaired) electrons. The molecule has 0 fully saturated rings. The van der Waals surface area contributed by atoms with Crippen LogP contribution in [-0.4, -0.2) is 10.7 Å². The molecule has 0 amide bonds. The number of nitro groups is 1. The van der Waals surface area contributed by atoms with Gasteiger partial charge in [-0.25, -0.2) is 0 Å². The molecular weight excluding hydrogens is 326 g/mol. The van der Waals surface area contributed by atoms with Crippen LogP contribution >= 0.6 is 15.9 Å². The Balaban J connectivity index is 2.41. The summed E-state index contributed by atoms with van der Waals surface area (Å²) in [4.78, 5) is 21.8. The van der Waals surface area contributed by atoms with E-state index in [4.69, 9.17) is 4.74 Å². The fourth-order valence-corrected chi connectivity index (χ4v) is 2.00. The maximum Gasteiger partial charge on any atom is 0.312 e. The van der Waals surface area contributed by atoms with E-state index in [0.29, 0.717) is 5.75 Å². The number of rotatable bonds is 4. The van der Waals surface area contributed by atoms with Crippen LogP contribution in [0.15, 0.2) is 46.9 Å². The fraction of sp³-hybridized carbons (Fsp3) is 0.0714. The number of nitro benzene ring substituents is 1. The largest absolute Gasteiger partial charge is 0.450 e. The minimum absolute atomic E-state index is 0.0955. The highest BCUT2D eigenvalue weighted by Gasteiger charge is 2.18. The van der Waals surface area contributed by atoms with Gasteiger partial charge in [0.1, 0.15) is 5.75 Å². The molecule has 0 unspecified atom stereocenters. The first-order valence-corrected chi connectivity index (χ1v) is 6.49. The summed E-state index contributed by atoms with van der Waals surface area (Å²) in [5.74, 6) is 0.332. The normalized spacial score (nSPS) is 10.1. The van der Waals surface area contributed by atoms with Gasteiger partial charge < -0.3 is 4.74 Å². The van der Waals surface area contributed by atoms with Crippen LogP contribution in [0.3, 0.4) is 0 Å². The lowest BCUT2D eigenvalue weighted by Crippen LogP contribution is -1.98. The van der Waals surface area contributed by atoms with Crippen molar-refractivity contribution in [3.05, 3.63) is 62.6 Å². The van der Waals surface area contributed by atoms with Crippen molar-refractivity contribution >= 4 is 27.4 Å². The molecule has 6 heteroatoms. The lowest BCUT2D eigenvalue weighted by Gasteiger charge is -2.07. The number of carbonyl (C=O) groups is 1. The fourth-order valence-electron chi connectivity index (χ4n) is 1.62. The standard InChI is InChI=1S/C14H10BrNO4/c1-9(17)10-5-6-14(13(7-10)16(18)19)20-12-4-2-3-11(15)8-12/h2-8H,1H3. The molecular formula is C14H10BrNO4. The number of hydrogen-bond donors (Lipinski definition) is 0. The van der Waals surface area contributed by atoms with Crippen LogP contribution in [0.5, 0.6) is 11.5 Å². The van der Waals surface area contributed by atoms with E-state index in [1.54, 1.807) is 18.2 Å². The van der Waals surface area contributed by atoms with E-state index in [-0.39, 0.29) is 22.8 Å². The number of ketones is 1. The lowest BCUT2D eigenvalue weighted by molar-refractivity contribution is -0.385. The van der Waals surface area contributed by atoms with E-state index >= 15 is 0 Å². The molecule has 2 aromatic carbocycles. The highest BCUT2D eigenvalue weighted by molar-refractivity contribution is 9.10. The Morgan fingerprint density at radius 2 is 2.00 bits per heavy atom. The van der Waals surface area contributed by atoms with Crippen LogP contribution in [-0.2, 0) is 0 Å². The van der Waals surface area contributed by atoms with Gasteiger partial charge in [-0.05, 0) is 37.3 Å². The second kappa shape index (κ2) is 5.83. The van der Waals surface area contributed by atoms with Crippen molar-refractivity contribution < 1.29 is 14.5 Å². The lowest BCUT2D eigenvalue weighted by atomic mass is 10.1. The maximum atomic E-state index is 11.3. The average molecular weight is 336 g/mol. The van der Waals surface area contributed by atoms with Crippen LogP contribution in [0.25, 0.3) is 0 Å². The monoisotopic (exact) mass is 335 g/mol. The Hall–Kier alpha value is -2.21. The Morgan fingerprint density at radius 3 is 2.60 bits per heavy atom. The van der Waals surface area contributed by atoms with Gasteiger partial charge in [0, 0.05) is 16.1 Å². The molecule has 0 heterocycles. The summed E-state index contributed by atoms with van der Waals surface area (Å²) in [7, 11) is 0. The van der Waals surface area contributed by atoms with E-state index in [0.717, 1.165) is 4.47 Å². The van der Waals surface area contributed by atoms with Gasteiger partial charge in [-0.1, -0.05) is 22.0 Å². The summed E-state index contributed by atoms with van der Waals surface area (Å²) in [6, 6.07) is 11.1. The van der Waals surface area contributed by atoms with Gasteiger partial charge in [-0.3, -0.25) is 14.9 Å². The summed E-state index contributed by atoms with van der Waals surface area (Å²) in [6.45, 7) is 1.36. The Labute approximate surface area is 123 Å². The van der Waals surface area contributed by atoms with Crippen molar-refractivity contribution in [3.8, 4) is 11.5 Å². The van der Waals surface area contributed by atoms with Crippen LogP contribution in [0, 0.1) is 10.1 Å². The Bertz CT molecular complexity index is 685. The van der Waals surface area contributed by atoms with Crippen LogP contribution in [0.1, 0.15) is 17.3 Å². The molecule has 5 nitrogen and oxygen atoms in total. The van der Waals surface area contributed by atoms with Crippen molar-refractivity contribution in [2.24, 2.45) is 0 Å². The van der Waals surface area contributed by atoms with Crippen LogP contribution in [0.2, 0.25) is 0 Å². The third kappa shape index (κ3) is 3.21. The van der Waals surface area contributed by atoms with Gasteiger partial charge in [-0.2, -0.15) is 0 Å². The van der Waals surface area contributed by atoms with Gasteiger partial charge in [0.2, 0.25) is 5.75 Å². The number of benzene rings is 2. The smallest absolute Gasteiger partial charge is 0.312 e. The van der Waals surface area contributed by atoms with E-state index in [1.807, 2.05) is 6.07 Å². The van der Waals surface area contributed by atoms with Gasteiger partial charge in [0.25, 0.3) is 0 Å². The highest BCUT2D eigenvalue weighted by Crippen LogP contribution is 2.33. The molecule has 0 spiro atoms. The number of ether oxygens (including phenoxy) is 1. The second-order valence-electron chi connectivity index (χ2n) is 4.06. The number of hydrogen-bond acceptors (Lipinski definition) is 4. The molecule has 102 valence electrons. The van der Waals surface area contributed by atoms with E-state index in [9.17, 15) is 14.9 Å². The molecule has 0 aliphatic carbocycles. The summed E-state index contributed by atoms with van der Waals surface area (Å²) >= 11 is 3.30. The number of halogens is 1. The van der Waals surface area contributed by atoms with Gasteiger partial charge in [-0.15, -0.1) is 0 Å². The first-order valence-electron chi connectivity index (χ1n) is 5.70. The summed E-state index contributed by atoms with van der Waals surface area (Å²) in [6.07, 6.45) is 0. The first-order chi connectivity index (χ1) is 9.47. The van der Waals surface area contributed by atoms with Crippen molar-refractivity contribution in [1.82, 2.24) is 0 Å². The molecule has 20 heavy (non-hydrogen) atoms. The van der Waals surface area contributed by atoms with Gasteiger partial charge in [0.05, 0.1) is 4.92 Å². The Morgan fingerprint density at radius 1 is 1.25 bits per heavy atom. The molecule has 0 saturated heterocycles. The number of carbonyl (C=O) groups excluding carboxylic acids is 1. The van der Waals surface area contributed by atoms with Crippen molar-refractivity contribution in [1.29, 1.82) is 0 Å². The SMILES string of the molecule is CC(=O)c1ccc(Oc2cccc(Br)c2)c([N+](=O)[O-])c1. The second-order valence-corrected chi connectivity index (χ2v) is 4.97. The third-order valence-corrected chi connectivity index (χ3v) is 3.08. The molecule has 0 N–H and O–H groups in total. The molecule has 0 aromatic heterocycles. The van der Waals surface area contributed by atoms with Gasteiger partial charge in [0.15, 0.2) is 5.78 Å². The predicted molar refractivity (Wildman–Crippen MR) is 77.3 cm³/mol. The number of nitrogens with zero attached hydrogens (tertiary/aromatic N) is 1. The van der Waals surface area contributed by atoms with Crippen molar-refractivity contribution in [2.45, 2.75) is 6.92 Å². The molecule has 0 saturated carbocycles. The maximum absolute atomic E-state index is 11.3. The average Bonchev–Trinajstić information content (AvgIpc) is 2.38. The number of Topliss-reactive ketones (excluding diaryl/α,β-unsaturated/α-hetero) is 1. The zero-order valence-corrected chi connectivity index (χ0v) is 12.1. The molecule has 0 atom stereocenters. The van der Waals surface area contributed by atoms with Crippen LogP contribution in [0.4, 0.5) is 5.69 Å². The summed E-state index contributed by atoms with van der Waals surface area (Å²) in [5.41, 5.74) is 0.0379. The van der Waals surface area contributed by atoms with Crippen LogP contribution < -0.4 is 4.74 Å². The zero-order valence-electron chi connectivity index (χ0n) is 10.5. The molecule has 0 aliphatic heterocycles. The molecule has 2 rings (SSSR count). The predicted octanol–water partition coefficient (Wildman–Crippen LogP) is 4.35. The van der Waals surface area contributed by atoms with Gasteiger partial charge >= 0.3 is 5.69 Å². The Kier molecular flexibility index (Phi) is 4.14. The third-order valence-electron chi connectivity index (χ3n) is 2.59. The molecule has 0 bridgehead atoms. The quantitative estimate of drug-likeness (QED) is 0.473. The van der Waals surface area contributed by atoms with E-state index in [2.05, 4.69) is 15.9 Å². The molecule has 0 aliphatic rings. The highest BCUT2D eigenvalue weighted by atomic mass is 79.9. The minimum atomic E-state index is -0.570. The van der Waals surface area contributed by atoms with E-state index < -0.39 is 4.92 Å². The topological polar surface area (TPSA) is 69.4 Å². The zero-order chi connectivity index (χ0) is 14.7. The minimum Gasteiger partial charge on any atom is -0.450 e. The molecule has 2 aromatic rings. The summed E-state index contributed by atoms with van der Waals surface area (Å²) in [5, 5.41) is 11.1. The van der Waals surface area contributed by atoms with E-state index in [1.165, 1.54) is 25.1 Å². The summed E-state index contributed by atoms with van der Waals surface area (Å²) < 4.78 is 6.31.